The largest absolute Gasteiger partial charge is 0.494 e. The predicted octanol–water partition coefficient (Wildman–Crippen LogP) is 3.05. The van der Waals surface area contributed by atoms with Gasteiger partial charge in [0.2, 0.25) is 5.28 Å². The second-order valence-corrected chi connectivity index (χ2v) is 4.99. The van der Waals surface area contributed by atoms with Gasteiger partial charge in [-0.1, -0.05) is 19.9 Å². The third-order valence-corrected chi connectivity index (χ3v) is 3.67. The molecule has 0 aliphatic rings. The smallest absolute Gasteiger partial charge is 0.225 e. The molecular weight excluding hydrogens is 288 g/mol. The first kappa shape index (κ1) is 15.8. The molecule has 0 bridgehead atoms. The van der Waals surface area contributed by atoms with E-state index in [9.17, 15) is 0 Å². The van der Waals surface area contributed by atoms with Crippen LogP contribution in [-0.4, -0.2) is 48.2 Å². The summed E-state index contributed by atoms with van der Waals surface area (Å²) in [4.78, 5) is 10.9. The number of likely N-dealkylation sites (N-methyl/N-ethyl adjacent to an activating group) is 1. The highest BCUT2D eigenvalue weighted by atomic mass is 35.5. The number of halogens is 1. The minimum Gasteiger partial charge on any atom is -0.494 e. The Morgan fingerprint density at radius 1 is 1.24 bits per heavy atom. The number of nitrogens with zero attached hydrogens (tertiary/aromatic N) is 3. The van der Waals surface area contributed by atoms with Gasteiger partial charge in [0, 0.05) is 18.5 Å². The molecule has 6 heteroatoms. The lowest BCUT2D eigenvalue weighted by Crippen LogP contribution is -2.28. The molecule has 114 valence electrons. The molecule has 0 aliphatic heterocycles. The number of ether oxygens (including phenoxy) is 1. The summed E-state index contributed by atoms with van der Waals surface area (Å²) in [5, 5.41) is 4.48. The molecule has 2 aromatic rings. The van der Waals surface area contributed by atoms with Gasteiger partial charge in [0.1, 0.15) is 17.1 Å². The Kier molecular flexibility index (Phi) is 5.59. The molecule has 0 saturated heterocycles. The number of nitrogens with one attached hydrogen (secondary N) is 1. The lowest BCUT2D eigenvalue weighted by Gasteiger charge is -2.18. The molecular formula is C15H21ClN4O. The number of hydrogen-bond acceptors (Lipinski definition) is 5. The van der Waals surface area contributed by atoms with Gasteiger partial charge < -0.3 is 15.0 Å². The summed E-state index contributed by atoms with van der Waals surface area (Å²) in [6, 6.07) is 5.76. The minimum absolute atomic E-state index is 0.220. The lowest BCUT2D eigenvalue weighted by atomic mass is 10.2. The van der Waals surface area contributed by atoms with Gasteiger partial charge in [-0.15, -0.1) is 0 Å². The second-order valence-electron chi connectivity index (χ2n) is 4.65. The first-order valence-electron chi connectivity index (χ1n) is 7.16. The summed E-state index contributed by atoms with van der Waals surface area (Å²) in [6.45, 7) is 8.16. The third-order valence-electron chi connectivity index (χ3n) is 3.50. The van der Waals surface area contributed by atoms with Crippen LogP contribution in [0.3, 0.4) is 0 Å². The molecule has 0 radical (unpaired) electrons. The molecule has 21 heavy (non-hydrogen) atoms. The van der Waals surface area contributed by atoms with Crippen LogP contribution in [-0.2, 0) is 0 Å². The normalized spacial score (nSPS) is 11.1. The van der Waals surface area contributed by atoms with Crippen molar-refractivity contribution in [3.8, 4) is 5.75 Å². The Morgan fingerprint density at radius 3 is 2.67 bits per heavy atom. The number of methoxy groups -OCH3 is 1. The number of benzene rings is 1. The Bertz CT molecular complexity index is 601. The van der Waals surface area contributed by atoms with E-state index in [1.807, 2.05) is 18.2 Å². The molecule has 1 N–H and O–H groups in total. The van der Waals surface area contributed by atoms with Gasteiger partial charge in [0.05, 0.1) is 7.11 Å². The van der Waals surface area contributed by atoms with E-state index in [0.29, 0.717) is 5.75 Å². The van der Waals surface area contributed by atoms with Crippen LogP contribution < -0.4 is 10.1 Å². The molecule has 1 heterocycles. The molecule has 1 aromatic carbocycles. The molecule has 0 spiro atoms. The highest BCUT2D eigenvalue weighted by molar-refractivity contribution is 6.29. The first-order chi connectivity index (χ1) is 10.2. The number of aromatic nitrogens is 2. The maximum atomic E-state index is 6.02. The molecule has 2 rings (SSSR count). The number of hydrogen-bond donors (Lipinski definition) is 1. The zero-order valence-corrected chi connectivity index (χ0v) is 13.4. The Morgan fingerprint density at radius 2 is 2.00 bits per heavy atom. The van der Waals surface area contributed by atoms with E-state index in [2.05, 4.69) is 34.0 Å². The molecule has 5 nitrogen and oxygen atoms in total. The van der Waals surface area contributed by atoms with E-state index in [1.54, 1.807) is 7.11 Å². The maximum Gasteiger partial charge on any atom is 0.225 e. The van der Waals surface area contributed by atoms with Crippen molar-refractivity contribution in [2.45, 2.75) is 13.8 Å². The number of rotatable bonds is 7. The van der Waals surface area contributed by atoms with Gasteiger partial charge in [-0.2, -0.15) is 0 Å². The molecule has 1 aromatic heterocycles. The minimum atomic E-state index is 0.220. The topological polar surface area (TPSA) is 50.3 Å². The molecule has 0 unspecified atom stereocenters. The van der Waals surface area contributed by atoms with Crippen molar-refractivity contribution in [2.75, 3.05) is 38.6 Å². The lowest BCUT2D eigenvalue weighted by molar-refractivity contribution is 0.316. The van der Waals surface area contributed by atoms with Crippen molar-refractivity contribution in [1.82, 2.24) is 14.9 Å². The zero-order valence-electron chi connectivity index (χ0n) is 12.7. The quantitative estimate of drug-likeness (QED) is 0.797. The summed E-state index contributed by atoms with van der Waals surface area (Å²) in [6.07, 6.45) is 0. The van der Waals surface area contributed by atoms with E-state index < -0.39 is 0 Å². The van der Waals surface area contributed by atoms with Crippen LogP contribution >= 0.6 is 11.6 Å². The van der Waals surface area contributed by atoms with E-state index in [4.69, 9.17) is 16.3 Å². The number of fused-ring (bicyclic) bond motifs is 1. The van der Waals surface area contributed by atoms with Gasteiger partial charge in [0.15, 0.2) is 0 Å². The first-order valence-corrected chi connectivity index (χ1v) is 7.53. The fourth-order valence-corrected chi connectivity index (χ4v) is 2.44. The number of anilines is 1. The summed E-state index contributed by atoms with van der Waals surface area (Å²) >= 11 is 6.02. The summed E-state index contributed by atoms with van der Waals surface area (Å²) < 4.78 is 5.33. The Hall–Kier alpha value is -1.59. The fraction of sp³-hybridized carbons (Fsp3) is 0.467. The van der Waals surface area contributed by atoms with Crippen molar-refractivity contribution in [1.29, 1.82) is 0 Å². The highest BCUT2D eigenvalue weighted by Gasteiger charge is 2.10. The number of para-hydroxylation sites is 1. The van der Waals surface area contributed by atoms with Crippen molar-refractivity contribution in [2.24, 2.45) is 0 Å². The van der Waals surface area contributed by atoms with Gasteiger partial charge in [-0.25, -0.2) is 9.97 Å². The molecule has 0 fully saturated rings. The third kappa shape index (κ3) is 3.74. The van der Waals surface area contributed by atoms with Gasteiger partial charge in [-0.3, -0.25) is 0 Å². The zero-order chi connectivity index (χ0) is 15.2. The summed E-state index contributed by atoms with van der Waals surface area (Å²) in [7, 11) is 1.62. The summed E-state index contributed by atoms with van der Waals surface area (Å²) in [5.74, 6) is 1.44. The fourth-order valence-electron chi connectivity index (χ4n) is 2.27. The van der Waals surface area contributed by atoms with Gasteiger partial charge >= 0.3 is 0 Å². The predicted molar refractivity (Wildman–Crippen MR) is 87.4 cm³/mol. The van der Waals surface area contributed by atoms with E-state index in [0.717, 1.165) is 42.9 Å². The van der Waals surface area contributed by atoms with Crippen molar-refractivity contribution in [3.63, 3.8) is 0 Å². The molecule has 0 amide bonds. The van der Waals surface area contributed by atoms with Crippen molar-refractivity contribution < 1.29 is 4.74 Å². The van der Waals surface area contributed by atoms with Crippen LogP contribution in [0.4, 0.5) is 5.82 Å². The van der Waals surface area contributed by atoms with Crippen LogP contribution in [0.25, 0.3) is 10.9 Å². The van der Waals surface area contributed by atoms with E-state index >= 15 is 0 Å². The molecule has 0 atom stereocenters. The van der Waals surface area contributed by atoms with E-state index in [-0.39, 0.29) is 5.28 Å². The second kappa shape index (κ2) is 7.43. The van der Waals surface area contributed by atoms with Crippen LogP contribution in [0.5, 0.6) is 5.75 Å². The average Bonchev–Trinajstić information content (AvgIpc) is 2.50. The van der Waals surface area contributed by atoms with Crippen molar-refractivity contribution in [3.05, 3.63) is 23.5 Å². The van der Waals surface area contributed by atoms with Crippen LogP contribution in [0.2, 0.25) is 5.28 Å². The molecule has 0 aliphatic carbocycles. The maximum absolute atomic E-state index is 6.02. The van der Waals surface area contributed by atoms with Crippen LogP contribution in [0.15, 0.2) is 18.2 Å². The Labute approximate surface area is 130 Å². The van der Waals surface area contributed by atoms with Gasteiger partial charge in [0.25, 0.3) is 0 Å². The van der Waals surface area contributed by atoms with Gasteiger partial charge in [-0.05, 0) is 36.8 Å². The SMILES string of the molecule is CCN(CC)CCNc1nc(Cl)nc2c(OC)cccc12. The molecule has 0 saturated carbocycles. The van der Waals surface area contributed by atoms with Crippen molar-refractivity contribution >= 4 is 28.3 Å². The standard InChI is InChI=1S/C15H21ClN4O/c1-4-20(5-2)10-9-17-14-11-7-6-8-12(21-3)13(11)18-15(16)19-14/h6-8H,4-5,9-10H2,1-3H3,(H,17,18,19). The highest BCUT2D eigenvalue weighted by Crippen LogP contribution is 2.28. The monoisotopic (exact) mass is 308 g/mol. The summed E-state index contributed by atoms with van der Waals surface area (Å²) in [5.41, 5.74) is 0.727. The average molecular weight is 309 g/mol. The van der Waals surface area contributed by atoms with E-state index in [1.165, 1.54) is 0 Å². The Balaban J connectivity index is 2.23. The van der Waals surface area contributed by atoms with Crippen LogP contribution in [0, 0.1) is 0 Å². The van der Waals surface area contributed by atoms with Crippen LogP contribution in [0.1, 0.15) is 13.8 Å².